The monoisotopic (exact) mass is 389 g/mol. The van der Waals surface area contributed by atoms with Crippen LogP contribution in [0.3, 0.4) is 0 Å². The van der Waals surface area contributed by atoms with Crippen molar-refractivity contribution in [3.63, 3.8) is 0 Å². The molecule has 4 aromatic rings. The van der Waals surface area contributed by atoms with Crippen LogP contribution in [0.2, 0.25) is 0 Å². The van der Waals surface area contributed by atoms with Crippen molar-refractivity contribution in [1.29, 1.82) is 0 Å². The fourth-order valence-electron chi connectivity index (χ4n) is 3.24. The molecule has 3 aromatic heterocycles. The number of nitrogens with one attached hydrogen (secondary N) is 1. The SMILES string of the molecule is CNC(=O)c1cccc([C@@H](C)n2cnc3cc(-c4conc4C)ncc3c2=O)c1. The maximum Gasteiger partial charge on any atom is 0.263 e. The van der Waals surface area contributed by atoms with E-state index >= 15 is 0 Å². The van der Waals surface area contributed by atoms with Crippen LogP contribution in [0.1, 0.15) is 34.6 Å². The maximum absolute atomic E-state index is 13.1. The second kappa shape index (κ2) is 7.31. The second-order valence-electron chi connectivity index (χ2n) is 6.74. The van der Waals surface area contributed by atoms with Gasteiger partial charge in [-0.3, -0.25) is 19.1 Å². The van der Waals surface area contributed by atoms with Gasteiger partial charge in [-0.25, -0.2) is 4.98 Å². The van der Waals surface area contributed by atoms with Gasteiger partial charge in [0.15, 0.2) is 0 Å². The lowest BCUT2D eigenvalue weighted by molar-refractivity contribution is 0.0963. The molecule has 0 fully saturated rings. The summed E-state index contributed by atoms with van der Waals surface area (Å²) in [5.74, 6) is -0.177. The molecular formula is C21H19N5O3. The van der Waals surface area contributed by atoms with Crippen molar-refractivity contribution >= 4 is 16.8 Å². The summed E-state index contributed by atoms with van der Waals surface area (Å²) in [5.41, 5.74) is 3.84. The molecular weight excluding hydrogens is 370 g/mol. The zero-order chi connectivity index (χ0) is 20.5. The number of aryl methyl sites for hydroxylation is 1. The van der Waals surface area contributed by atoms with Gasteiger partial charge in [0.05, 0.1) is 40.2 Å². The van der Waals surface area contributed by atoms with Crippen LogP contribution >= 0.6 is 0 Å². The Balaban J connectivity index is 1.75. The Morgan fingerprint density at radius 3 is 2.79 bits per heavy atom. The molecule has 0 spiro atoms. The zero-order valence-electron chi connectivity index (χ0n) is 16.2. The summed E-state index contributed by atoms with van der Waals surface area (Å²) in [6.07, 6.45) is 4.56. The summed E-state index contributed by atoms with van der Waals surface area (Å²) in [6, 6.07) is 8.63. The first-order chi connectivity index (χ1) is 14.0. The Labute approximate surface area is 166 Å². The van der Waals surface area contributed by atoms with E-state index in [2.05, 4.69) is 20.4 Å². The Morgan fingerprint density at radius 2 is 2.07 bits per heavy atom. The third kappa shape index (κ3) is 3.29. The Morgan fingerprint density at radius 1 is 1.24 bits per heavy atom. The van der Waals surface area contributed by atoms with Crippen LogP contribution in [-0.2, 0) is 0 Å². The van der Waals surface area contributed by atoms with Gasteiger partial charge in [-0.2, -0.15) is 0 Å². The molecule has 1 atom stereocenters. The van der Waals surface area contributed by atoms with Crippen molar-refractivity contribution in [1.82, 2.24) is 25.0 Å². The van der Waals surface area contributed by atoms with E-state index in [1.54, 1.807) is 31.3 Å². The average molecular weight is 389 g/mol. The maximum atomic E-state index is 13.1. The second-order valence-corrected chi connectivity index (χ2v) is 6.74. The predicted molar refractivity (Wildman–Crippen MR) is 108 cm³/mol. The number of hydrogen-bond acceptors (Lipinski definition) is 6. The lowest BCUT2D eigenvalue weighted by Crippen LogP contribution is -2.25. The highest BCUT2D eigenvalue weighted by molar-refractivity contribution is 5.94. The summed E-state index contributed by atoms with van der Waals surface area (Å²) in [4.78, 5) is 33.8. The van der Waals surface area contributed by atoms with Crippen molar-refractivity contribution in [3.05, 3.63) is 76.3 Å². The fourth-order valence-corrected chi connectivity index (χ4v) is 3.24. The van der Waals surface area contributed by atoms with Crippen molar-refractivity contribution in [2.24, 2.45) is 0 Å². The summed E-state index contributed by atoms with van der Waals surface area (Å²) in [7, 11) is 1.58. The number of benzene rings is 1. The molecule has 8 nitrogen and oxygen atoms in total. The number of fused-ring (bicyclic) bond motifs is 1. The van der Waals surface area contributed by atoms with Crippen molar-refractivity contribution in [2.75, 3.05) is 7.05 Å². The number of carbonyl (C=O) groups is 1. The zero-order valence-corrected chi connectivity index (χ0v) is 16.2. The van der Waals surface area contributed by atoms with E-state index in [1.807, 2.05) is 19.9 Å². The first kappa shape index (κ1) is 18.5. The van der Waals surface area contributed by atoms with Gasteiger partial charge in [0.25, 0.3) is 11.5 Å². The van der Waals surface area contributed by atoms with E-state index in [0.717, 1.165) is 16.8 Å². The summed E-state index contributed by atoms with van der Waals surface area (Å²) < 4.78 is 6.50. The van der Waals surface area contributed by atoms with Crippen LogP contribution in [0.25, 0.3) is 22.2 Å². The van der Waals surface area contributed by atoms with Crippen molar-refractivity contribution < 1.29 is 9.32 Å². The molecule has 4 rings (SSSR count). The first-order valence-electron chi connectivity index (χ1n) is 9.10. The number of pyridine rings is 1. The minimum atomic E-state index is -0.302. The Kier molecular flexibility index (Phi) is 4.67. The van der Waals surface area contributed by atoms with Gasteiger partial charge in [-0.1, -0.05) is 17.3 Å². The summed E-state index contributed by atoms with van der Waals surface area (Å²) in [5, 5.41) is 6.88. The molecule has 0 aliphatic rings. The molecule has 1 amide bonds. The molecule has 0 saturated carbocycles. The number of carbonyl (C=O) groups excluding carboxylic acids is 1. The lowest BCUT2D eigenvalue weighted by Gasteiger charge is -2.16. The van der Waals surface area contributed by atoms with Crippen molar-refractivity contribution in [3.8, 4) is 11.3 Å². The van der Waals surface area contributed by atoms with Gasteiger partial charge in [0.1, 0.15) is 6.26 Å². The number of nitrogens with zero attached hydrogens (tertiary/aromatic N) is 4. The molecule has 0 radical (unpaired) electrons. The van der Waals surface area contributed by atoms with Gasteiger partial charge in [0, 0.05) is 18.8 Å². The van der Waals surface area contributed by atoms with Gasteiger partial charge in [-0.05, 0) is 37.6 Å². The summed E-state index contributed by atoms with van der Waals surface area (Å²) in [6.45, 7) is 3.71. The van der Waals surface area contributed by atoms with E-state index in [9.17, 15) is 9.59 Å². The molecule has 3 heterocycles. The van der Waals surface area contributed by atoms with Gasteiger partial charge >= 0.3 is 0 Å². The Bertz CT molecular complexity index is 1270. The quantitative estimate of drug-likeness (QED) is 0.576. The van der Waals surface area contributed by atoms with E-state index < -0.39 is 0 Å². The number of aromatic nitrogens is 4. The number of amides is 1. The largest absolute Gasteiger partial charge is 0.364 e. The van der Waals surface area contributed by atoms with E-state index in [1.165, 1.54) is 23.4 Å². The third-order valence-corrected chi connectivity index (χ3v) is 4.97. The van der Waals surface area contributed by atoms with Crippen LogP contribution in [0, 0.1) is 6.92 Å². The predicted octanol–water partition coefficient (Wildman–Crippen LogP) is 2.72. The van der Waals surface area contributed by atoms with E-state index in [-0.39, 0.29) is 17.5 Å². The number of rotatable bonds is 4. The topological polar surface area (TPSA) is 103 Å². The minimum absolute atomic E-state index is 0.177. The first-order valence-corrected chi connectivity index (χ1v) is 9.10. The van der Waals surface area contributed by atoms with Crippen LogP contribution in [0.15, 0.2) is 58.4 Å². The van der Waals surface area contributed by atoms with Crippen LogP contribution in [0.5, 0.6) is 0 Å². The molecule has 0 aliphatic heterocycles. The minimum Gasteiger partial charge on any atom is -0.364 e. The van der Waals surface area contributed by atoms with Crippen LogP contribution < -0.4 is 10.9 Å². The van der Waals surface area contributed by atoms with E-state index in [4.69, 9.17) is 4.52 Å². The Hall–Kier alpha value is -3.81. The summed E-state index contributed by atoms with van der Waals surface area (Å²) >= 11 is 0. The lowest BCUT2D eigenvalue weighted by atomic mass is 10.0. The molecule has 1 N–H and O–H groups in total. The van der Waals surface area contributed by atoms with Crippen LogP contribution in [0.4, 0.5) is 0 Å². The van der Waals surface area contributed by atoms with Gasteiger partial charge in [0.2, 0.25) is 0 Å². The van der Waals surface area contributed by atoms with Gasteiger partial charge < -0.3 is 9.84 Å². The van der Waals surface area contributed by atoms with Crippen molar-refractivity contribution in [2.45, 2.75) is 19.9 Å². The van der Waals surface area contributed by atoms with Crippen LogP contribution in [-0.4, -0.2) is 32.6 Å². The average Bonchev–Trinajstić information content (AvgIpc) is 3.18. The molecule has 0 unspecified atom stereocenters. The normalized spacial score (nSPS) is 12.1. The highest BCUT2D eigenvalue weighted by Crippen LogP contribution is 2.23. The highest BCUT2D eigenvalue weighted by Gasteiger charge is 2.15. The fraction of sp³-hybridized carbons (Fsp3) is 0.190. The third-order valence-electron chi connectivity index (χ3n) is 4.97. The van der Waals surface area contributed by atoms with E-state index in [0.29, 0.717) is 22.2 Å². The molecule has 29 heavy (non-hydrogen) atoms. The molecule has 146 valence electrons. The standard InChI is InChI=1S/C21H19N5O3/c1-12-17(10-29-25-12)19-8-18-16(9-23-19)21(28)26(11-24-18)13(2)14-5-4-6-15(7-14)20(27)22-3/h4-11,13H,1-3H3,(H,22,27)/t13-/m1/s1. The number of hydrogen-bond donors (Lipinski definition) is 1. The molecule has 0 bridgehead atoms. The molecule has 1 aromatic carbocycles. The molecule has 8 heteroatoms. The molecule has 0 aliphatic carbocycles. The smallest absolute Gasteiger partial charge is 0.263 e. The highest BCUT2D eigenvalue weighted by atomic mass is 16.5. The molecule has 0 saturated heterocycles. The van der Waals surface area contributed by atoms with Gasteiger partial charge in [-0.15, -0.1) is 0 Å².